The number of nitrogens with one attached hydrogen (secondary N) is 2. The number of sulfonamides is 1. The van der Waals surface area contributed by atoms with Gasteiger partial charge in [0.1, 0.15) is 6.04 Å². The Morgan fingerprint density at radius 1 is 1.13 bits per heavy atom. The number of fused-ring (bicyclic) bond motifs is 1. The fourth-order valence-electron chi connectivity index (χ4n) is 3.74. The number of anilines is 2. The van der Waals surface area contributed by atoms with Crippen LogP contribution in [0.4, 0.5) is 11.4 Å². The summed E-state index contributed by atoms with van der Waals surface area (Å²) in [5.74, 6) is -0.832. The van der Waals surface area contributed by atoms with E-state index in [1.54, 1.807) is 55.1 Å². The molecular weight excluding hydrogens is 438 g/mol. The molecule has 0 aliphatic carbocycles. The van der Waals surface area contributed by atoms with Crippen LogP contribution in [0.5, 0.6) is 0 Å². The second-order valence-electron chi connectivity index (χ2n) is 8.07. The van der Waals surface area contributed by atoms with Gasteiger partial charge in [0.05, 0.1) is 4.90 Å². The van der Waals surface area contributed by atoms with Crippen molar-refractivity contribution in [2.24, 2.45) is 5.92 Å². The molecule has 166 valence electrons. The summed E-state index contributed by atoms with van der Waals surface area (Å²) in [6.45, 7) is 6.95. The molecule has 1 aliphatic heterocycles. The van der Waals surface area contributed by atoms with Crippen molar-refractivity contribution >= 4 is 44.8 Å². The van der Waals surface area contributed by atoms with Crippen LogP contribution in [0.1, 0.15) is 33.3 Å². The smallest absolute Gasteiger partial charge is 0.242 e. The van der Waals surface area contributed by atoms with Crippen molar-refractivity contribution in [3.05, 3.63) is 53.1 Å². The highest BCUT2D eigenvalue weighted by molar-refractivity contribution is 7.89. The van der Waals surface area contributed by atoms with Crippen molar-refractivity contribution in [3.8, 4) is 0 Å². The highest BCUT2D eigenvalue weighted by atomic mass is 35.5. The van der Waals surface area contributed by atoms with Crippen LogP contribution in [0.3, 0.4) is 0 Å². The van der Waals surface area contributed by atoms with Gasteiger partial charge < -0.3 is 10.2 Å². The van der Waals surface area contributed by atoms with Crippen LogP contribution < -0.4 is 14.9 Å². The summed E-state index contributed by atoms with van der Waals surface area (Å²) in [6, 6.07) is 10.3. The Hall–Kier alpha value is -2.42. The lowest BCUT2D eigenvalue weighted by molar-refractivity contribution is -0.118. The average Bonchev–Trinajstić information content (AvgIpc) is 3.02. The summed E-state index contributed by atoms with van der Waals surface area (Å²) in [5, 5.41) is 3.26. The van der Waals surface area contributed by atoms with Gasteiger partial charge in [-0.15, -0.1) is 0 Å². The van der Waals surface area contributed by atoms with Gasteiger partial charge in [0.15, 0.2) is 0 Å². The zero-order valence-electron chi connectivity index (χ0n) is 17.8. The molecule has 0 radical (unpaired) electrons. The summed E-state index contributed by atoms with van der Waals surface area (Å²) >= 11 is 5.87. The first-order valence-electron chi connectivity index (χ1n) is 10.0. The van der Waals surface area contributed by atoms with E-state index >= 15 is 0 Å². The van der Waals surface area contributed by atoms with Crippen LogP contribution in [0.2, 0.25) is 5.02 Å². The number of nitrogens with zero attached hydrogens (tertiary/aromatic N) is 1. The van der Waals surface area contributed by atoms with Gasteiger partial charge in [-0.3, -0.25) is 9.59 Å². The number of hydrogen-bond donors (Lipinski definition) is 2. The largest absolute Gasteiger partial charge is 0.325 e. The Bertz CT molecular complexity index is 1100. The van der Waals surface area contributed by atoms with Gasteiger partial charge in [-0.1, -0.05) is 25.4 Å². The number of amides is 2. The van der Waals surface area contributed by atoms with E-state index in [1.165, 1.54) is 13.0 Å². The second kappa shape index (κ2) is 8.98. The third-order valence-electron chi connectivity index (χ3n) is 5.26. The predicted octanol–water partition coefficient (Wildman–Crippen LogP) is 3.58. The van der Waals surface area contributed by atoms with Crippen LogP contribution in [0.25, 0.3) is 0 Å². The molecule has 0 saturated heterocycles. The molecule has 2 aromatic rings. The summed E-state index contributed by atoms with van der Waals surface area (Å²) in [4.78, 5) is 26.4. The molecule has 2 N–H and O–H groups in total. The summed E-state index contributed by atoms with van der Waals surface area (Å²) in [6.07, 6.45) is 0.572. The topological polar surface area (TPSA) is 95.6 Å². The number of hydrogen-bond acceptors (Lipinski definition) is 4. The minimum atomic E-state index is -3.96. The number of benzene rings is 2. The first kappa shape index (κ1) is 23.2. The van der Waals surface area contributed by atoms with Gasteiger partial charge >= 0.3 is 0 Å². The van der Waals surface area contributed by atoms with E-state index in [9.17, 15) is 18.0 Å². The highest BCUT2D eigenvalue weighted by Crippen LogP contribution is 2.34. The van der Waals surface area contributed by atoms with Gasteiger partial charge in [-0.05, 0) is 67.3 Å². The van der Waals surface area contributed by atoms with Crippen LogP contribution in [-0.2, 0) is 26.0 Å². The maximum atomic E-state index is 13.1. The van der Waals surface area contributed by atoms with E-state index < -0.39 is 22.0 Å². The van der Waals surface area contributed by atoms with Gasteiger partial charge in [-0.2, -0.15) is 4.72 Å². The number of carbonyl (C=O) groups excluding carboxylic acids is 2. The van der Waals surface area contributed by atoms with Gasteiger partial charge in [0.25, 0.3) is 0 Å². The van der Waals surface area contributed by atoms with Gasteiger partial charge in [0, 0.05) is 29.4 Å². The van der Waals surface area contributed by atoms with Crippen molar-refractivity contribution in [1.29, 1.82) is 0 Å². The molecule has 0 saturated carbocycles. The van der Waals surface area contributed by atoms with Crippen molar-refractivity contribution in [1.82, 2.24) is 4.72 Å². The Kier molecular flexibility index (Phi) is 6.73. The van der Waals surface area contributed by atoms with Gasteiger partial charge in [0.2, 0.25) is 21.8 Å². The summed E-state index contributed by atoms with van der Waals surface area (Å²) in [7, 11) is -3.96. The minimum Gasteiger partial charge on any atom is -0.325 e. The van der Waals surface area contributed by atoms with Crippen LogP contribution >= 0.6 is 11.6 Å². The van der Waals surface area contributed by atoms with Crippen molar-refractivity contribution < 1.29 is 18.0 Å². The first-order chi connectivity index (χ1) is 14.5. The van der Waals surface area contributed by atoms with Crippen molar-refractivity contribution in [3.63, 3.8) is 0 Å². The maximum absolute atomic E-state index is 13.1. The summed E-state index contributed by atoms with van der Waals surface area (Å²) in [5.41, 5.74) is 2.03. The molecule has 2 atom stereocenters. The molecule has 2 amide bonds. The number of halogens is 1. The third kappa shape index (κ3) is 5.08. The molecule has 31 heavy (non-hydrogen) atoms. The molecule has 3 rings (SSSR count). The fraction of sp³-hybridized carbons (Fsp3) is 0.364. The average molecular weight is 464 g/mol. The molecule has 2 aromatic carbocycles. The number of carbonyl (C=O) groups is 2. The molecule has 0 fully saturated rings. The molecule has 1 heterocycles. The lowest BCUT2D eigenvalue weighted by Gasteiger charge is -2.22. The lowest BCUT2D eigenvalue weighted by atomic mass is 10.0. The molecule has 7 nitrogen and oxygen atoms in total. The normalized spacial score (nSPS) is 16.8. The molecule has 0 aromatic heterocycles. The summed E-state index contributed by atoms with van der Waals surface area (Å²) < 4.78 is 28.6. The monoisotopic (exact) mass is 463 g/mol. The van der Waals surface area contributed by atoms with E-state index in [0.717, 1.165) is 11.3 Å². The van der Waals surface area contributed by atoms with E-state index in [2.05, 4.69) is 10.0 Å². The van der Waals surface area contributed by atoms with E-state index in [0.29, 0.717) is 17.1 Å². The quantitative estimate of drug-likeness (QED) is 0.684. The van der Waals surface area contributed by atoms with Crippen molar-refractivity contribution in [2.75, 3.05) is 10.2 Å². The zero-order chi connectivity index (χ0) is 22.9. The predicted molar refractivity (Wildman–Crippen MR) is 122 cm³/mol. The SMILES string of the molecule is CC(=O)N1c2ccc(S(=O)(=O)N[C@H](C(=O)Nc3ccc(Cl)cc3)C(C)C)cc2C[C@@H]1C. The van der Waals surface area contributed by atoms with Crippen LogP contribution in [0.15, 0.2) is 47.4 Å². The second-order valence-corrected chi connectivity index (χ2v) is 10.2. The molecule has 0 unspecified atom stereocenters. The van der Waals surface area contributed by atoms with E-state index in [4.69, 9.17) is 11.6 Å². The molecule has 1 aliphatic rings. The third-order valence-corrected chi connectivity index (χ3v) is 6.95. The highest BCUT2D eigenvalue weighted by Gasteiger charge is 2.32. The van der Waals surface area contributed by atoms with Crippen LogP contribution in [-0.4, -0.2) is 32.3 Å². The van der Waals surface area contributed by atoms with Crippen molar-refractivity contribution in [2.45, 2.75) is 51.1 Å². The number of rotatable bonds is 6. The lowest BCUT2D eigenvalue weighted by Crippen LogP contribution is -2.47. The first-order valence-corrected chi connectivity index (χ1v) is 11.9. The van der Waals surface area contributed by atoms with Crippen LogP contribution in [0, 0.1) is 5.92 Å². The van der Waals surface area contributed by atoms with Gasteiger partial charge in [-0.25, -0.2) is 8.42 Å². The fourth-order valence-corrected chi connectivity index (χ4v) is 5.26. The molecular formula is C22H26ClN3O4S. The Morgan fingerprint density at radius 2 is 1.77 bits per heavy atom. The molecule has 9 heteroatoms. The zero-order valence-corrected chi connectivity index (χ0v) is 19.4. The Balaban J connectivity index is 1.82. The minimum absolute atomic E-state index is 0.0352. The Labute approximate surface area is 187 Å². The molecule has 0 bridgehead atoms. The van der Waals surface area contributed by atoms with E-state index in [1.807, 2.05) is 6.92 Å². The Morgan fingerprint density at radius 3 is 2.35 bits per heavy atom. The molecule has 0 spiro atoms. The van der Waals surface area contributed by atoms with E-state index in [-0.39, 0.29) is 22.8 Å². The maximum Gasteiger partial charge on any atom is 0.242 e. The standard InChI is InChI=1S/C22H26ClN3O4S/c1-13(2)21(22(28)24-18-7-5-17(23)6-8-18)25-31(29,30)19-9-10-20-16(12-19)11-14(3)26(20)15(4)27/h5-10,12-14,21,25H,11H2,1-4H3,(H,24,28)/t14-,21-/m0/s1.